The van der Waals surface area contributed by atoms with E-state index in [2.05, 4.69) is 15.7 Å². The predicted molar refractivity (Wildman–Crippen MR) is 51.0 cm³/mol. The molecule has 1 fully saturated rings. The lowest BCUT2D eigenvalue weighted by molar-refractivity contribution is 0.502. The van der Waals surface area contributed by atoms with Gasteiger partial charge in [-0.15, -0.1) is 0 Å². The summed E-state index contributed by atoms with van der Waals surface area (Å²) in [4.78, 5) is 3.92. The van der Waals surface area contributed by atoms with Gasteiger partial charge in [0.1, 0.15) is 6.67 Å². The number of hydrazine groups is 1. The highest BCUT2D eigenvalue weighted by molar-refractivity contribution is 5.79. The Labute approximate surface area is 77.8 Å². The third-order valence-corrected chi connectivity index (χ3v) is 2.19. The van der Waals surface area contributed by atoms with Crippen LogP contribution in [0.15, 0.2) is 4.99 Å². The standard InChI is InChI=1S/C8H17FN4/c9-5-6-11-8(13-10)12-7-3-1-2-4-7/h7H,1-6,10H2,(H2,11,12,13). The van der Waals surface area contributed by atoms with Crippen molar-refractivity contribution in [3.05, 3.63) is 0 Å². The molecule has 1 aliphatic rings. The molecule has 13 heavy (non-hydrogen) atoms. The summed E-state index contributed by atoms with van der Waals surface area (Å²) in [7, 11) is 0. The van der Waals surface area contributed by atoms with Gasteiger partial charge in [0.05, 0.1) is 6.54 Å². The van der Waals surface area contributed by atoms with Crippen molar-refractivity contribution in [2.45, 2.75) is 31.7 Å². The van der Waals surface area contributed by atoms with Crippen LogP contribution in [-0.2, 0) is 0 Å². The maximum Gasteiger partial charge on any atom is 0.206 e. The van der Waals surface area contributed by atoms with Crippen LogP contribution in [0.4, 0.5) is 4.39 Å². The first-order valence-corrected chi connectivity index (χ1v) is 4.70. The SMILES string of the molecule is NNC(=NCCF)NC1CCCC1. The highest BCUT2D eigenvalue weighted by atomic mass is 19.1. The average molecular weight is 188 g/mol. The van der Waals surface area contributed by atoms with Gasteiger partial charge in [0.15, 0.2) is 0 Å². The molecule has 4 nitrogen and oxygen atoms in total. The molecule has 1 rings (SSSR count). The Morgan fingerprint density at radius 3 is 2.69 bits per heavy atom. The molecule has 0 aliphatic heterocycles. The van der Waals surface area contributed by atoms with Gasteiger partial charge in [-0.3, -0.25) is 5.43 Å². The van der Waals surface area contributed by atoms with E-state index < -0.39 is 6.67 Å². The topological polar surface area (TPSA) is 62.4 Å². The van der Waals surface area contributed by atoms with Gasteiger partial charge in [-0.1, -0.05) is 12.8 Å². The van der Waals surface area contributed by atoms with Crippen LogP contribution in [0.1, 0.15) is 25.7 Å². The molecule has 4 N–H and O–H groups in total. The van der Waals surface area contributed by atoms with E-state index in [1.54, 1.807) is 0 Å². The maximum absolute atomic E-state index is 11.8. The Morgan fingerprint density at radius 2 is 2.15 bits per heavy atom. The van der Waals surface area contributed by atoms with Gasteiger partial charge in [0.2, 0.25) is 5.96 Å². The molecule has 0 aromatic rings. The lowest BCUT2D eigenvalue weighted by Gasteiger charge is -2.14. The number of halogens is 1. The smallest absolute Gasteiger partial charge is 0.206 e. The van der Waals surface area contributed by atoms with Crippen molar-refractivity contribution < 1.29 is 4.39 Å². The lowest BCUT2D eigenvalue weighted by atomic mass is 10.2. The van der Waals surface area contributed by atoms with Crippen molar-refractivity contribution >= 4 is 5.96 Å². The van der Waals surface area contributed by atoms with E-state index in [1.807, 2.05) is 0 Å². The Balaban J connectivity index is 2.29. The van der Waals surface area contributed by atoms with Gasteiger partial charge < -0.3 is 5.32 Å². The van der Waals surface area contributed by atoms with Crippen molar-refractivity contribution in [3.63, 3.8) is 0 Å². The van der Waals surface area contributed by atoms with Gasteiger partial charge in [-0.25, -0.2) is 15.2 Å². The molecule has 0 aromatic heterocycles. The summed E-state index contributed by atoms with van der Waals surface area (Å²) in [5.41, 5.74) is 2.44. The number of nitrogens with two attached hydrogens (primary N) is 1. The zero-order valence-electron chi connectivity index (χ0n) is 7.72. The van der Waals surface area contributed by atoms with Crippen LogP contribution in [0.2, 0.25) is 0 Å². The third-order valence-electron chi connectivity index (χ3n) is 2.19. The maximum atomic E-state index is 11.8. The Kier molecular flexibility index (Phi) is 4.53. The van der Waals surface area contributed by atoms with Crippen LogP contribution < -0.4 is 16.6 Å². The minimum Gasteiger partial charge on any atom is -0.353 e. The number of hydrogen-bond donors (Lipinski definition) is 3. The van der Waals surface area contributed by atoms with Crippen LogP contribution in [-0.4, -0.2) is 25.2 Å². The van der Waals surface area contributed by atoms with Gasteiger partial charge in [0, 0.05) is 6.04 Å². The van der Waals surface area contributed by atoms with Crippen molar-refractivity contribution in [2.75, 3.05) is 13.2 Å². The second kappa shape index (κ2) is 5.75. The average Bonchev–Trinajstić information content (AvgIpc) is 2.64. The van der Waals surface area contributed by atoms with Gasteiger partial charge in [-0.05, 0) is 12.8 Å². The van der Waals surface area contributed by atoms with Gasteiger partial charge in [0.25, 0.3) is 0 Å². The number of guanidine groups is 1. The molecular formula is C8H17FN4. The molecule has 1 aliphatic carbocycles. The summed E-state index contributed by atoms with van der Waals surface area (Å²) in [6.07, 6.45) is 4.80. The van der Waals surface area contributed by atoms with Gasteiger partial charge >= 0.3 is 0 Å². The summed E-state index contributed by atoms with van der Waals surface area (Å²) in [6, 6.07) is 0.453. The van der Waals surface area contributed by atoms with Crippen molar-refractivity contribution in [1.82, 2.24) is 10.7 Å². The number of aliphatic imine (C=N–C) groups is 1. The fourth-order valence-electron chi connectivity index (χ4n) is 1.55. The van der Waals surface area contributed by atoms with E-state index in [1.165, 1.54) is 12.8 Å². The number of alkyl halides is 1. The number of nitrogens with one attached hydrogen (secondary N) is 2. The molecule has 0 heterocycles. The quantitative estimate of drug-likeness (QED) is 0.258. The van der Waals surface area contributed by atoms with E-state index in [4.69, 9.17) is 5.84 Å². The predicted octanol–water partition coefficient (Wildman–Crippen LogP) is 0.307. The molecule has 0 radical (unpaired) electrons. The number of nitrogens with zero attached hydrogens (tertiary/aromatic N) is 1. The van der Waals surface area contributed by atoms with Crippen LogP contribution in [0.3, 0.4) is 0 Å². The molecule has 0 aromatic carbocycles. The fourth-order valence-corrected chi connectivity index (χ4v) is 1.55. The number of rotatable bonds is 3. The molecule has 0 spiro atoms. The van der Waals surface area contributed by atoms with E-state index in [-0.39, 0.29) is 6.54 Å². The minimum absolute atomic E-state index is 0.166. The van der Waals surface area contributed by atoms with Crippen molar-refractivity contribution in [3.8, 4) is 0 Å². The molecule has 0 bridgehead atoms. The lowest BCUT2D eigenvalue weighted by Crippen LogP contribution is -2.45. The molecule has 1 saturated carbocycles. The van der Waals surface area contributed by atoms with E-state index in [0.29, 0.717) is 12.0 Å². The first-order chi connectivity index (χ1) is 6.36. The second-order valence-corrected chi connectivity index (χ2v) is 3.19. The Hall–Kier alpha value is -0.840. The van der Waals surface area contributed by atoms with E-state index in [9.17, 15) is 4.39 Å². The minimum atomic E-state index is -0.447. The van der Waals surface area contributed by atoms with Crippen molar-refractivity contribution in [2.24, 2.45) is 10.8 Å². The first kappa shape index (κ1) is 10.2. The van der Waals surface area contributed by atoms with Crippen LogP contribution in [0.25, 0.3) is 0 Å². The van der Waals surface area contributed by atoms with Crippen molar-refractivity contribution in [1.29, 1.82) is 0 Å². The highest BCUT2D eigenvalue weighted by Gasteiger charge is 2.15. The molecule has 0 atom stereocenters. The third kappa shape index (κ3) is 3.59. The monoisotopic (exact) mass is 188 g/mol. The molecule has 5 heteroatoms. The second-order valence-electron chi connectivity index (χ2n) is 3.19. The number of hydrogen-bond acceptors (Lipinski definition) is 2. The fraction of sp³-hybridized carbons (Fsp3) is 0.875. The first-order valence-electron chi connectivity index (χ1n) is 4.70. The summed E-state index contributed by atoms with van der Waals surface area (Å²) in [6.45, 7) is -0.281. The van der Waals surface area contributed by atoms with Crippen LogP contribution in [0.5, 0.6) is 0 Å². The largest absolute Gasteiger partial charge is 0.353 e. The molecule has 0 saturated heterocycles. The van der Waals surface area contributed by atoms with E-state index >= 15 is 0 Å². The molecule has 76 valence electrons. The Bertz CT molecular complexity index is 166. The normalized spacial score (nSPS) is 19.1. The van der Waals surface area contributed by atoms with Gasteiger partial charge in [-0.2, -0.15) is 0 Å². The van der Waals surface area contributed by atoms with Crippen LogP contribution in [0, 0.1) is 0 Å². The summed E-state index contributed by atoms with van der Waals surface area (Å²) in [5.74, 6) is 5.73. The zero-order valence-corrected chi connectivity index (χ0v) is 7.72. The molecular weight excluding hydrogens is 171 g/mol. The van der Waals surface area contributed by atoms with E-state index in [0.717, 1.165) is 12.8 Å². The van der Waals surface area contributed by atoms with Crippen LogP contribution >= 0.6 is 0 Å². The summed E-state index contributed by atoms with van der Waals surface area (Å²) in [5, 5.41) is 3.15. The highest BCUT2D eigenvalue weighted by Crippen LogP contribution is 2.17. The Morgan fingerprint density at radius 1 is 1.46 bits per heavy atom. The molecule has 0 unspecified atom stereocenters. The molecule has 0 amide bonds. The summed E-state index contributed by atoms with van der Waals surface area (Å²) < 4.78 is 11.8. The summed E-state index contributed by atoms with van der Waals surface area (Å²) >= 11 is 0. The zero-order chi connectivity index (χ0) is 9.52.